The van der Waals surface area contributed by atoms with E-state index in [0.29, 0.717) is 13.2 Å². The van der Waals surface area contributed by atoms with E-state index in [1.165, 1.54) is 11.5 Å². The van der Waals surface area contributed by atoms with Gasteiger partial charge < -0.3 is 14.8 Å². The van der Waals surface area contributed by atoms with Crippen LogP contribution >= 0.6 is 11.5 Å². The van der Waals surface area contributed by atoms with Crippen LogP contribution in [0.4, 0.5) is 5.00 Å². The van der Waals surface area contributed by atoms with E-state index in [-0.39, 0.29) is 0 Å². The SMILES string of the molecule is CCCNc1snnc1COc1ccccc1OCC. The molecular weight excluding hydrogens is 274 g/mol. The number of para-hydroxylation sites is 2. The summed E-state index contributed by atoms with van der Waals surface area (Å²) in [5, 5.41) is 8.37. The van der Waals surface area contributed by atoms with E-state index < -0.39 is 0 Å². The Morgan fingerprint density at radius 1 is 1.15 bits per heavy atom. The van der Waals surface area contributed by atoms with Crippen LogP contribution in [0.1, 0.15) is 26.0 Å². The number of nitrogens with one attached hydrogen (secondary N) is 1. The number of anilines is 1. The minimum atomic E-state index is 0.382. The number of hydrogen-bond donors (Lipinski definition) is 1. The minimum absolute atomic E-state index is 0.382. The highest BCUT2D eigenvalue weighted by Crippen LogP contribution is 2.28. The summed E-state index contributed by atoms with van der Waals surface area (Å²) in [5.41, 5.74) is 0.828. The fourth-order valence-electron chi connectivity index (χ4n) is 1.67. The Morgan fingerprint density at radius 3 is 2.60 bits per heavy atom. The molecule has 2 aromatic rings. The van der Waals surface area contributed by atoms with Crippen LogP contribution in [0, 0.1) is 0 Å². The Morgan fingerprint density at radius 2 is 1.90 bits per heavy atom. The van der Waals surface area contributed by atoms with Crippen molar-refractivity contribution in [2.75, 3.05) is 18.5 Å². The first-order valence-corrected chi connectivity index (χ1v) is 7.52. The summed E-state index contributed by atoms with van der Waals surface area (Å²) in [6, 6.07) is 7.64. The van der Waals surface area contributed by atoms with E-state index in [9.17, 15) is 0 Å². The molecule has 1 aromatic heterocycles. The molecule has 0 fully saturated rings. The molecule has 0 spiro atoms. The number of nitrogens with zero attached hydrogens (tertiary/aromatic N) is 2. The molecule has 0 saturated heterocycles. The molecule has 0 unspecified atom stereocenters. The quantitative estimate of drug-likeness (QED) is 0.809. The van der Waals surface area contributed by atoms with E-state index in [2.05, 4.69) is 21.8 Å². The third-order valence-electron chi connectivity index (χ3n) is 2.60. The second-order valence-electron chi connectivity index (χ2n) is 4.14. The molecule has 0 amide bonds. The van der Waals surface area contributed by atoms with Crippen LogP contribution in [0.25, 0.3) is 0 Å². The summed E-state index contributed by atoms with van der Waals surface area (Å²) in [4.78, 5) is 0. The fraction of sp³-hybridized carbons (Fsp3) is 0.429. The molecule has 5 nitrogen and oxygen atoms in total. The zero-order valence-electron chi connectivity index (χ0n) is 11.8. The molecule has 20 heavy (non-hydrogen) atoms. The average Bonchev–Trinajstić information content (AvgIpc) is 2.92. The van der Waals surface area contributed by atoms with Crippen molar-refractivity contribution in [2.45, 2.75) is 26.9 Å². The Labute approximate surface area is 123 Å². The van der Waals surface area contributed by atoms with Gasteiger partial charge >= 0.3 is 0 Å². The van der Waals surface area contributed by atoms with Gasteiger partial charge in [0, 0.05) is 18.1 Å². The maximum Gasteiger partial charge on any atom is 0.161 e. The lowest BCUT2D eigenvalue weighted by molar-refractivity contribution is 0.267. The van der Waals surface area contributed by atoms with Crippen LogP contribution in [-0.2, 0) is 6.61 Å². The highest BCUT2D eigenvalue weighted by Gasteiger charge is 2.10. The molecule has 6 heteroatoms. The van der Waals surface area contributed by atoms with Gasteiger partial charge in [-0.2, -0.15) is 0 Å². The Hall–Kier alpha value is -1.82. The number of ether oxygens (including phenoxy) is 2. The van der Waals surface area contributed by atoms with Crippen molar-refractivity contribution in [2.24, 2.45) is 0 Å². The Bertz CT molecular complexity index is 531. The summed E-state index contributed by atoms with van der Waals surface area (Å²) >= 11 is 1.36. The molecule has 0 radical (unpaired) electrons. The minimum Gasteiger partial charge on any atom is -0.490 e. The summed E-state index contributed by atoms with van der Waals surface area (Å²) in [5.74, 6) is 1.48. The molecule has 0 aliphatic rings. The smallest absolute Gasteiger partial charge is 0.161 e. The van der Waals surface area contributed by atoms with Gasteiger partial charge in [0.15, 0.2) is 11.5 Å². The van der Waals surface area contributed by atoms with Crippen molar-refractivity contribution in [1.82, 2.24) is 9.59 Å². The van der Waals surface area contributed by atoms with Crippen molar-refractivity contribution in [1.29, 1.82) is 0 Å². The van der Waals surface area contributed by atoms with Crippen LogP contribution < -0.4 is 14.8 Å². The number of rotatable bonds is 8. The van der Waals surface area contributed by atoms with Gasteiger partial charge in [-0.25, -0.2) is 0 Å². The third kappa shape index (κ3) is 3.84. The van der Waals surface area contributed by atoms with Gasteiger partial charge in [0.25, 0.3) is 0 Å². The second kappa shape index (κ2) is 7.69. The molecular formula is C14H19N3O2S. The number of hydrogen-bond acceptors (Lipinski definition) is 6. The molecule has 1 heterocycles. The molecule has 108 valence electrons. The first-order chi connectivity index (χ1) is 9.85. The van der Waals surface area contributed by atoms with Crippen molar-refractivity contribution >= 4 is 16.5 Å². The first kappa shape index (κ1) is 14.6. The molecule has 2 rings (SSSR count). The summed E-state index contributed by atoms with van der Waals surface area (Å²) in [7, 11) is 0. The molecule has 0 saturated carbocycles. The Kier molecular flexibility index (Phi) is 5.61. The van der Waals surface area contributed by atoms with Gasteiger partial charge in [-0.15, -0.1) is 5.10 Å². The predicted molar refractivity (Wildman–Crippen MR) is 80.6 cm³/mol. The highest BCUT2D eigenvalue weighted by molar-refractivity contribution is 7.10. The van der Waals surface area contributed by atoms with Gasteiger partial charge in [-0.1, -0.05) is 23.5 Å². The van der Waals surface area contributed by atoms with E-state index in [4.69, 9.17) is 9.47 Å². The zero-order chi connectivity index (χ0) is 14.2. The summed E-state index contributed by atoms with van der Waals surface area (Å²) < 4.78 is 15.3. The van der Waals surface area contributed by atoms with Crippen LogP contribution in [0.2, 0.25) is 0 Å². The predicted octanol–water partition coefficient (Wildman–Crippen LogP) is 3.34. The maximum absolute atomic E-state index is 5.79. The van der Waals surface area contributed by atoms with Gasteiger partial charge in [0.05, 0.1) is 6.61 Å². The standard InChI is InChI=1S/C14H19N3O2S/c1-3-9-15-14-11(16-17-20-14)10-19-13-8-6-5-7-12(13)18-4-2/h5-8,15H,3-4,9-10H2,1-2H3. The van der Waals surface area contributed by atoms with Gasteiger partial charge in [-0.05, 0) is 25.5 Å². The van der Waals surface area contributed by atoms with E-state index in [0.717, 1.165) is 35.2 Å². The van der Waals surface area contributed by atoms with Gasteiger partial charge in [0.2, 0.25) is 0 Å². The van der Waals surface area contributed by atoms with Crippen LogP contribution in [0.5, 0.6) is 11.5 Å². The fourth-order valence-corrected chi connectivity index (χ4v) is 2.26. The molecule has 0 aliphatic carbocycles. The van der Waals surface area contributed by atoms with Crippen molar-refractivity contribution in [3.05, 3.63) is 30.0 Å². The first-order valence-electron chi connectivity index (χ1n) is 6.74. The van der Waals surface area contributed by atoms with Gasteiger partial charge in [0.1, 0.15) is 17.3 Å². The lowest BCUT2D eigenvalue weighted by Gasteiger charge is -2.11. The zero-order valence-corrected chi connectivity index (χ0v) is 12.6. The topological polar surface area (TPSA) is 56.3 Å². The van der Waals surface area contributed by atoms with Crippen molar-refractivity contribution in [3.8, 4) is 11.5 Å². The van der Waals surface area contributed by atoms with Crippen molar-refractivity contribution in [3.63, 3.8) is 0 Å². The van der Waals surface area contributed by atoms with Crippen molar-refractivity contribution < 1.29 is 9.47 Å². The normalized spacial score (nSPS) is 10.3. The van der Waals surface area contributed by atoms with E-state index in [1.807, 2.05) is 31.2 Å². The van der Waals surface area contributed by atoms with Crippen LogP contribution in [0.3, 0.4) is 0 Å². The van der Waals surface area contributed by atoms with Gasteiger partial charge in [-0.3, -0.25) is 0 Å². The van der Waals surface area contributed by atoms with Crippen LogP contribution in [0.15, 0.2) is 24.3 Å². The summed E-state index contributed by atoms with van der Waals surface area (Å²) in [6.07, 6.45) is 1.06. The number of aromatic nitrogens is 2. The third-order valence-corrected chi connectivity index (χ3v) is 3.33. The van der Waals surface area contributed by atoms with Crippen LogP contribution in [-0.4, -0.2) is 22.7 Å². The maximum atomic E-state index is 5.79. The monoisotopic (exact) mass is 293 g/mol. The molecule has 1 N–H and O–H groups in total. The molecule has 1 aromatic carbocycles. The Balaban J connectivity index is 2.00. The average molecular weight is 293 g/mol. The largest absolute Gasteiger partial charge is 0.490 e. The van der Waals surface area contributed by atoms with E-state index >= 15 is 0 Å². The number of benzene rings is 1. The van der Waals surface area contributed by atoms with E-state index in [1.54, 1.807) is 0 Å². The lowest BCUT2D eigenvalue weighted by Crippen LogP contribution is -2.04. The molecule has 0 aliphatic heterocycles. The molecule has 0 bridgehead atoms. The highest BCUT2D eigenvalue weighted by atomic mass is 32.1. The summed E-state index contributed by atoms with van der Waals surface area (Å²) in [6.45, 7) is 5.98. The molecule has 0 atom stereocenters. The second-order valence-corrected chi connectivity index (χ2v) is 4.90. The lowest BCUT2D eigenvalue weighted by atomic mass is 10.3.